The summed E-state index contributed by atoms with van der Waals surface area (Å²) in [6.45, 7) is 0. The van der Waals surface area contributed by atoms with Crippen LogP contribution in [0, 0.1) is 0 Å². The molecule has 0 atom stereocenters. The van der Waals surface area contributed by atoms with E-state index in [0.29, 0.717) is 10.0 Å². The number of benzene rings is 1. The van der Waals surface area contributed by atoms with Crippen molar-refractivity contribution in [2.45, 2.75) is 0 Å². The van der Waals surface area contributed by atoms with Crippen LogP contribution in [0.3, 0.4) is 0 Å². The fourth-order valence-corrected chi connectivity index (χ4v) is 1.73. The molecule has 0 radical (unpaired) electrons. The molecule has 15 heavy (non-hydrogen) atoms. The second kappa shape index (κ2) is 4.13. The SMILES string of the molecule is CNc1nccn1-c1cc(Cl)ccc1Cl. The zero-order valence-electron chi connectivity index (χ0n) is 8.04. The van der Waals surface area contributed by atoms with Crippen LogP contribution >= 0.6 is 23.2 Å². The van der Waals surface area contributed by atoms with E-state index in [0.717, 1.165) is 11.6 Å². The molecule has 0 aliphatic rings. The highest BCUT2D eigenvalue weighted by atomic mass is 35.5. The van der Waals surface area contributed by atoms with Crippen LogP contribution in [-0.2, 0) is 0 Å². The highest BCUT2D eigenvalue weighted by Crippen LogP contribution is 2.26. The summed E-state index contributed by atoms with van der Waals surface area (Å²) in [4.78, 5) is 4.13. The number of nitrogens with zero attached hydrogens (tertiary/aromatic N) is 2. The molecule has 0 fully saturated rings. The summed E-state index contributed by atoms with van der Waals surface area (Å²) < 4.78 is 1.84. The van der Waals surface area contributed by atoms with E-state index in [4.69, 9.17) is 23.2 Å². The van der Waals surface area contributed by atoms with Gasteiger partial charge in [-0.05, 0) is 18.2 Å². The lowest BCUT2D eigenvalue weighted by Gasteiger charge is -2.09. The van der Waals surface area contributed by atoms with E-state index in [1.165, 1.54) is 0 Å². The third-order valence-corrected chi connectivity index (χ3v) is 2.59. The van der Waals surface area contributed by atoms with E-state index in [1.54, 1.807) is 31.4 Å². The largest absolute Gasteiger partial charge is 0.358 e. The number of aromatic nitrogens is 2. The summed E-state index contributed by atoms with van der Waals surface area (Å²) in [7, 11) is 1.80. The zero-order valence-corrected chi connectivity index (χ0v) is 9.55. The van der Waals surface area contributed by atoms with Crippen LogP contribution in [0.5, 0.6) is 0 Å². The monoisotopic (exact) mass is 241 g/mol. The number of anilines is 1. The van der Waals surface area contributed by atoms with Gasteiger partial charge in [-0.1, -0.05) is 23.2 Å². The van der Waals surface area contributed by atoms with Crippen LogP contribution < -0.4 is 5.32 Å². The van der Waals surface area contributed by atoms with E-state index in [1.807, 2.05) is 10.8 Å². The second-order valence-corrected chi connectivity index (χ2v) is 3.81. The number of hydrogen-bond acceptors (Lipinski definition) is 2. The van der Waals surface area contributed by atoms with Crippen LogP contribution in [-0.4, -0.2) is 16.6 Å². The first kappa shape index (κ1) is 10.3. The summed E-state index contributed by atoms with van der Waals surface area (Å²) in [6, 6.07) is 5.31. The summed E-state index contributed by atoms with van der Waals surface area (Å²) in [6.07, 6.45) is 3.52. The Hall–Kier alpha value is -1.19. The van der Waals surface area contributed by atoms with Gasteiger partial charge in [-0.2, -0.15) is 0 Å². The van der Waals surface area contributed by atoms with Crippen molar-refractivity contribution in [3.8, 4) is 5.69 Å². The van der Waals surface area contributed by atoms with E-state index < -0.39 is 0 Å². The smallest absolute Gasteiger partial charge is 0.207 e. The van der Waals surface area contributed by atoms with Gasteiger partial charge in [0.15, 0.2) is 0 Å². The molecule has 1 heterocycles. The van der Waals surface area contributed by atoms with Gasteiger partial charge in [0.05, 0.1) is 10.7 Å². The number of halogens is 2. The van der Waals surface area contributed by atoms with Crippen molar-refractivity contribution in [3.63, 3.8) is 0 Å². The van der Waals surface area contributed by atoms with Crippen LogP contribution in [0.4, 0.5) is 5.95 Å². The molecule has 0 aliphatic carbocycles. The Bertz CT molecular complexity index is 479. The van der Waals surface area contributed by atoms with Crippen molar-refractivity contribution in [2.24, 2.45) is 0 Å². The molecule has 2 rings (SSSR count). The molecule has 1 aromatic heterocycles. The van der Waals surface area contributed by atoms with Crippen LogP contribution in [0.2, 0.25) is 10.0 Å². The van der Waals surface area contributed by atoms with Gasteiger partial charge in [-0.25, -0.2) is 4.98 Å². The van der Waals surface area contributed by atoms with Gasteiger partial charge in [0.2, 0.25) is 5.95 Å². The molecule has 1 N–H and O–H groups in total. The van der Waals surface area contributed by atoms with Crippen molar-refractivity contribution >= 4 is 29.2 Å². The number of imidazole rings is 1. The van der Waals surface area contributed by atoms with E-state index >= 15 is 0 Å². The van der Waals surface area contributed by atoms with Gasteiger partial charge < -0.3 is 5.32 Å². The maximum absolute atomic E-state index is 6.08. The lowest BCUT2D eigenvalue weighted by Crippen LogP contribution is -2.01. The lowest BCUT2D eigenvalue weighted by atomic mass is 10.3. The van der Waals surface area contributed by atoms with E-state index in [9.17, 15) is 0 Å². The third-order valence-electron chi connectivity index (χ3n) is 2.03. The highest BCUT2D eigenvalue weighted by molar-refractivity contribution is 6.34. The fourth-order valence-electron chi connectivity index (χ4n) is 1.35. The molecule has 2 aromatic rings. The maximum Gasteiger partial charge on any atom is 0.207 e. The van der Waals surface area contributed by atoms with Crippen molar-refractivity contribution < 1.29 is 0 Å². The summed E-state index contributed by atoms with van der Waals surface area (Å²) in [5, 5.41) is 4.25. The Morgan fingerprint density at radius 3 is 2.87 bits per heavy atom. The molecular formula is C10H9Cl2N3. The van der Waals surface area contributed by atoms with Crippen LogP contribution in [0.25, 0.3) is 5.69 Å². The molecule has 0 bridgehead atoms. The standard InChI is InChI=1S/C10H9Cl2N3/c1-13-10-14-4-5-15(10)9-6-7(11)2-3-8(9)12/h2-6H,1H3,(H,13,14). The minimum absolute atomic E-state index is 0.633. The zero-order chi connectivity index (χ0) is 10.8. The minimum Gasteiger partial charge on any atom is -0.358 e. The molecule has 0 spiro atoms. The van der Waals surface area contributed by atoms with Crippen molar-refractivity contribution in [3.05, 3.63) is 40.6 Å². The van der Waals surface area contributed by atoms with Gasteiger partial charge in [0.25, 0.3) is 0 Å². The molecule has 1 aromatic carbocycles. The molecule has 0 aliphatic heterocycles. The van der Waals surface area contributed by atoms with Gasteiger partial charge in [-0.3, -0.25) is 4.57 Å². The van der Waals surface area contributed by atoms with Gasteiger partial charge in [-0.15, -0.1) is 0 Å². The normalized spacial score (nSPS) is 10.3. The summed E-state index contributed by atoms with van der Waals surface area (Å²) in [5.74, 6) is 0.721. The molecule has 0 saturated heterocycles. The Morgan fingerprint density at radius 2 is 2.13 bits per heavy atom. The molecule has 5 heteroatoms. The average Bonchev–Trinajstić information content (AvgIpc) is 2.69. The first-order chi connectivity index (χ1) is 7.22. The Balaban J connectivity index is 2.58. The first-order valence-electron chi connectivity index (χ1n) is 4.39. The molecule has 78 valence electrons. The Morgan fingerprint density at radius 1 is 1.33 bits per heavy atom. The van der Waals surface area contributed by atoms with Gasteiger partial charge >= 0.3 is 0 Å². The van der Waals surface area contributed by atoms with Crippen LogP contribution in [0.1, 0.15) is 0 Å². The number of hydrogen-bond donors (Lipinski definition) is 1. The van der Waals surface area contributed by atoms with E-state index in [2.05, 4.69) is 10.3 Å². The van der Waals surface area contributed by atoms with Crippen molar-refractivity contribution in [2.75, 3.05) is 12.4 Å². The molecule has 3 nitrogen and oxygen atoms in total. The quantitative estimate of drug-likeness (QED) is 0.876. The average molecular weight is 242 g/mol. The fraction of sp³-hybridized carbons (Fsp3) is 0.100. The van der Waals surface area contributed by atoms with Crippen LogP contribution in [0.15, 0.2) is 30.6 Å². The highest BCUT2D eigenvalue weighted by Gasteiger charge is 2.07. The molecule has 0 amide bonds. The van der Waals surface area contributed by atoms with Crippen molar-refractivity contribution in [1.29, 1.82) is 0 Å². The van der Waals surface area contributed by atoms with Gasteiger partial charge in [0, 0.05) is 24.5 Å². The Labute approximate surface area is 97.6 Å². The van der Waals surface area contributed by atoms with Crippen molar-refractivity contribution in [1.82, 2.24) is 9.55 Å². The molecule has 0 unspecified atom stereocenters. The van der Waals surface area contributed by atoms with Gasteiger partial charge in [0.1, 0.15) is 0 Å². The predicted molar refractivity (Wildman–Crippen MR) is 63.1 cm³/mol. The molecule has 0 saturated carbocycles. The van der Waals surface area contributed by atoms with E-state index in [-0.39, 0.29) is 0 Å². The predicted octanol–water partition coefficient (Wildman–Crippen LogP) is 3.22. The number of rotatable bonds is 2. The number of nitrogens with one attached hydrogen (secondary N) is 1. The topological polar surface area (TPSA) is 29.9 Å². The first-order valence-corrected chi connectivity index (χ1v) is 5.14. The maximum atomic E-state index is 6.08. The third kappa shape index (κ3) is 1.94. The summed E-state index contributed by atoms with van der Waals surface area (Å²) in [5.41, 5.74) is 0.811. The second-order valence-electron chi connectivity index (χ2n) is 2.97. The summed E-state index contributed by atoms with van der Waals surface area (Å²) >= 11 is 12.0. The minimum atomic E-state index is 0.633. The molecular weight excluding hydrogens is 233 g/mol. The Kier molecular flexibility index (Phi) is 2.84. The lowest BCUT2D eigenvalue weighted by molar-refractivity contribution is 1.05.